The third-order valence-electron chi connectivity index (χ3n) is 3.96. The number of hydrogen-bond acceptors (Lipinski definition) is 5. The highest BCUT2D eigenvalue weighted by atomic mass is 16.2. The van der Waals surface area contributed by atoms with Crippen LogP contribution >= 0.6 is 0 Å². The van der Waals surface area contributed by atoms with Gasteiger partial charge in [0.05, 0.1) is 0 Å². The van der Waals surface area contributed by atoms with Crippen molar-refractivity contribution in [2.24, 2.45) is 11.5 Å². The molecule has 0 fully saturated rings. The lowest BCUT2D eigenvalue weighted by Crippen LogP contribution is -2.44. The quantitative estimate of drug-likeness (QED) is 0.404. The number of nitrogens with zero attached hydrogens (tertiary/aromatic N) is 3. The minimum absolute atomic E-state index is 0.0594. The zero-order valence-corrected chi connectivity index (χ0v) is 15.9. The highest BCUT2D eigenvalue weighted by Gasteiger charge is 2.17. The van der Waals surface area contributed by atoms with Crippen LogP contribution in [0.3, 0.4) is 0 Å². The highest BCUT2D eigenvalue weighted by molar-refractivity contribution is 5.88. The van der Waals surface area contributed by atoms with Crippen molar-refractivity contribution in [2.75, 3.05) is 52.4 Å². The molecule has 0 saturated heterocycles. The van der Waals surface area contributed by atoms with E-state index < -0.39 is 0 Å². The number of rotatable bonds is 14. The maximum Gasteiger partial charge on any atom is 0.246 e. The highest BCUT2D eigenvalue weighted by Crippen LogP contribution is 2.00. The van der Waals surface area contributed by atoms with Gasteiger partial charge in [-0.05, 0) is 38.1 Å². The van der Waals surface area contributed by atoms with E-state index >= 15 is 0 Å². The summed E-state index contributed by atoms with van der Waals surface area (Å²) in [7, 11) is 0. The molecule has 0 aromatic heterocycles. The summed E-state index contributed by atoms with van der Waals surface area (Å²) >= 11 is 0. The Balaban J connectivity index is 4.83. The van der Waals surface area contributed by atoms with Crippen molar-refractivity contribution in [1.82, 2.24) is 14.7 Å². The molecule has 3 amide bonds. The van der Waals surface area contributed by atoms with E-state index in [1.165, 1.54) is 19.1 Å². The fourth-order valence-electron chi connectivity index (χ4n) is 2.40. The molecular weight excluding hydrogens is 334 g/mol. The van der Waals surface area contributed by atoms with Gasteiger partial charge in [0.2, 0.25) is 17.7 Å². The van der Waals surface area contributed by atoms with Crippen molar-refractivity contribution in [3.63, 3.8) is 0 Å². The first kappa shape index (κ1) is 23.8. The van der Waals surface area contributed by atoms with Gasteiger partial charge in [0.25, 0.3) is 0 Å². The summed E-state index contributed by atoms with van der Waals surface area (Å²) in [5, 5.41) is 0. The van der Waals surface area contributed by atoms with Crippen LogP contribution in [0, 0.1) is 0 Å². The molecule has 4 N–H and O–H groups in total. The fourth-order valence-corrected chi connectivity index (χ4v) is 2.40. The molecule has 0 bridgehead atoms. The Bertz CT molecular complexity index is 481. The van der Waals surface area contributed by atoms with Crippen LogP contribution in [0.15, 0.2) is 25.3 Å². The third-order valence-corrected chi connectivity index (χ3v) is 3.96. The van der Waals surface area contributed by atoms with Gasteiger partial charge in [-0.15, -0.1) is 0 Å². The van der Waals surface area contributed by atoms with Crippen molar-refractivity contribution >= 4 is 17.7 Å². The summed E-state index contributed by atoms with van der Waals surface area (Å²) in [6.45, 7) is 12.0. The number of carbonyl (C=O) groups excluding carboxylic acids is 3. The Kier molecular flexibility index (Phi) is 12.8. The van der Waals surface area contributed by atoms with E-state index in [4.69, 9.17) is 11.5 Å². The monoisotopic (exact) mass is 367 g/mol. The topological polar surface area (TPSA) is 113 Å². The van der Waals surface area contributed by atoms with E-state index in [1.807, 2.05) is 0 Å². The number of carbonyl (C=O) groups is 3. The largest absolute Gasteiger partial charge is 0.341 e. The molecule has 0 spiro atoms. The molecule has 0 aliphatic carbocycles. The van der Waals surface area contributed by atoms with Crippen LogP contribution in [0.4, 0.5) is 0 Å². The van der Waals surface area contributed by atoms with Gasteiger partial charge in [-0.2, -0.15) is 0 Å². The van der Waals surface area contributed by atoms with E-state index in [0.29, 0.717) is 65.2 Å². The zero-order valence-electron chi connectivity index (χ0n) is 15.9. The van der Waals surface area contributed by atoms with E-state index in [0.717, 1.165) is 0 Å². The number of hydrogen-bond donors (Lipinski definition) is 2. The first-order valence-corrected chi connectivity index (χ1v) is 8.89. The summed E-state index contributed by atoms with van der Waals surface area (Å²) in [4.78, 5) is 40.6. The lowest BCUT2D eigenvalue weighted by Gasteiger charge is -2.29. The van der Waals surface area contributed by atoms with Gasteiger partial charge >= 0.3 is 0 Å². The van der Waals surface area contributed by atoms with Gasteiger partial charge in [-0.3, -0.25) is 14.4 Å². The number of amides is 3. The molecule has 0 unspecified atom stereocenters. The Labute approximate surface area is 156 Å². The van der Waals surface area contributed by atoms with Crippen LogP contribution in [0.2, 0.25) is 0 Å². The zero-order chi connectivity index (χ0) is 19.9. The molecule has 0 aromatic rings. The van der Waals surface area contributed by atoms with Gasteiger partial charge < -0.3 is 26.2 Å². The molecule has 0 radical (unpaired) electrons. The van der Waals surface area contributed by atoms with Crippen molar-refractivity contribution in [3.05, 3.63) is 25.3 Å². The van der Waals surface area contributed by atoms with Crippen molar-refractivity contribution < 1.29 is 14.4 Å². The van der Waals surface area contributed by atoms with Crippen LogP contribution < -0.4 is 11.5 Å². The van der Waals surface area contributed by atoms with Gasteiger partial charge in [-0.1, -0.05) is 13.2 Å². The SMILES string of the molecule is C=CC(=O)N(CCCN)CCN(CCN(CCCN)C(C)=O)C(=O)C=C. The molecule has 0 saturated carbocycles. The van der Waals surface area contributed by atoms with Crippen LogP contribution in [0.25, 0.3) is 0 Å². The van der Waals surface area contributed by atoms with Crippen LogP contribution in [0.5, 0.6) is 0 Å². The van der Waals surface area contributed by atoms with Crippen LogP contribution in [-0.4, -0.2) is 84.8 Å². The second-order valence-corrected chi connectivity index (χ2v) is 5.85. The first-order valence-electron chi connectivity index (χ1n) is 8.89. The van der Waals surface area contributed by atoms with Crippen molar-refractivity contribution in [1.29, 1.82) is 0 Å². The first-order chi connectivity index (χ1) is 12.4. The Morgan fingerprint density at radius 1 is 0.731 bits per heavy atom. The van der Waals surface area contributed by atoms with E-state index in [-0.39, 0.29) is 17.7 Å². The van der Waals surface area contributed by atoms with Gasteiger partial charge in [0.15, 0.2) is 0 Å². The molecule has 148 valence electrons. The third kappa shape index (κ3) is 9.33. The Morgan fingerprint density at radius 2 is 1.08 bits per heavy atom. The molecule has 0 atom stereocenters. The maximum atomic E-state index is 12.1. The number of nitrogens with two attached hydrogens (primary N) is 2. The molecule has 0 aliphatic rings. The van der Waals surface area contributed by atoms with Gasteiger partial charge in [-0.25, -0.2) is 0 Å². The molecule has 8 nitrogen and oxygen atoms in total. The molecule has 8 heteroatoms. The van der Waals surface area contributed by atoms with Crippen LogP contribution in [0.1, 0.15) is 19.8 Å². The Hall–Kier alpha value is -2.19. The predicted molar refractivity (Wildman–Crippen MR) is 103 cm³/mol. The molecule has 0 aromatic carbocycles. The predicted octanol–water partition coefficient (Wildman–Crippen LogP) is -0.438. The van der Waals surface area contributed by atoms with Crippen molar-refractivity contribution in [3.8, 4) is 0 Å². The molecule has 0 rings (SSSR count). The maximum absolute atomic E-state index is 12.1. The minimum Gasteiger partial charge on any atom is -0.341 e. The normalized spacial score (nSPS) is 10.1. The molecule has 0 heterocycles. The van der Waals surface area contributed by atoms with Gasteiger partial charge in [0, 0.05) is 46.2 Å². The summed E-state index contributed by atoms with van der Waals surface area (Å²) in [5.74, 6) is -0.495. The minimum atomic E-state index is -0.239. The lowest BCUT2D eigenvalue weighted by atomic mass is 10.3. The van der Waals surface area contributed by atoms with E-state index in [1.54, 1.807) is 14.7 Å². The Morgan fingerprint density at radius 3 is 1.42 bits per heavy atom. The van der Waals surface area contributed by atoms with E-state index in [9.17, 15) is 14.4 Å². The average Bonchev–Trinajstić information content (AvgIpc) is 2.64. The standard InChI is InChI=1S/C18H33N5O3/c1-4-17(25)22(11-7-9-20)14-15-23(18(26)5-2)13-12-21(16(3)24)10-6-8-19/h4-5H,1-2,6-15,19-20H2,3H3. The summed E-state index contributed by atoms with van der Waals surface area (Å²) < 4.78 is 0. The van der Waals surface area contributed by atoms with E-state index in [2.05, 4.69) is 13.2 Å². The smallest absolute Gasteiger partial charge is 0.246 e. The summed E-state index contributed by atoms with van der Waals surface area (Å²) in [6.07, 6.45) is 3.86. The molecular formula is C18H33N5O3. The molecule has 0 aliphatic heterocycles. The average molecular weight is 367 g/mol. The fraction of sp³-hybridized carbons (Fsp3) is 0.611. The second-order valence-electron chi connectivity index (χ2n) is 5.85. The summed E-state index contributed by atoms with van der Waals surface area (Å²) in [6, 6.07) is 0. The lowest BCUT2D eigenvalue weighted by molar-refractivity contribution is -0.132. The summed E-state index contributed by atoms with van der Waals surface area (Å²) in [5.41, 5.74) is 11.0. The van der Waals surface area contributed by atoms with Crippen molar-refractivity contribution in [2.45, 2.75) is 19.8 Å². The van der Waals surface area contributed by atoms with Gasteiger partial charge in [0.1, 0.15) is 0 Å². The second kappa shape index (κ2) is 14.0. The molecule has 26 heavy (non-hydrogen) atoms. The van der Waals surface area contributed by atoms with Crippen LogP contribution in [-0.2, 0) is 14.4 Å².